The molecule has 0 aromatic heterocycles. The lowest BCUT2D eigenvalue weighted by Crippen LogP contribution is -2.22. The first-order chi connectivity index (χ1) is 12.5. The molecule has 0 aliphatic carbocycles. The second-order valence-electron chi connectivity index (χ2n) is 5.66. The monoisotopic (exact) mass is 354 g/mol. The number of hydrogen-bond donors (Lipinski definition) is 0. The van der Waals surface area contributed by atoms with E-state index < -0.39 is 5.82 Å². The normalized spacial score (nSPS) is 15.4. The van der Waals surface area contributed by atoms with E-state index in [0.29, 0.717) is 29.4 Å². The van der Waals surface area contributed by atoms with Crippen molar-refractivity contribution in [3.05, 3.63) is 59.4 Å². The molecule has 134 valence electrons. The fraction of sp³-hybridized carbons (Fsp3) is 0.200. The summed E-state index contributed by atoms with van der Waals surface area (Å²) in [6.07, 6.45) is 1.71. The summed E-state index contributed by atoms with van der Waals surface area (Å²) in [5.41, 5.74) is 1.81. The van der Waals surface area contributed by atoms with Crippen LogP contribution in [0.3, 0.4) is 0 Å². The van der Waals surface area contributed by atoms with Crippen LogP contribution >= 0.6 is 0 Å². The minimum absolute atomic E-state index is 0.129. The number of halogens is 1. The third kappa shape index (κ3) is 3.31. The highest BCUT2D eigenvalue weighted by Gasteiger charge is 2.30. The van der Waals surface area contributed by atoms with Gasteiger partial charge in [-0.25, -0.2) is 4.39 Å². The average Bonchev–Trinajstić information content (AvgIpc) is 2.91. The predicted octanol–water partition coefficient (Wildman–Crippen LogP) is 4.04. The van der Waals surface area contributed by atoms with Crippen LogP contribution in [0.15, 0.2) is 53.1 Å². The van der Waals surface area contributed by atoms with E-state index in [4.69, 9.17) is 9.47 Å². The highest BCUT2D eigenvalue weighted by atomic mass is 19.1. The van der Waals surface area contributed by atoms with Crippen LogP contribution in [-0.4, -0.2) is 25.3 Å². The molecule has 1 amide bonds. The molecule has 0 spiro atoms. The minimum Gasteiger partial charge on any atom is -0.493 e. The Morgan fingerprint density at radius 2 is 1.96 bits per heavy atom. The maximum Gasteiger partial charge on any atom is 0.280 e. The van der Waals surface area contributed by atoms with Gasteiger partial charge in [-0.3, -0.25) is 4.79 Å². The number of amides is 1. The molecule has 3 rings (SSSR count). The van der Waals surface area contributed by atoms with E-state index in [0.717, 1.165) is 10.6 Å². The van der Waals surface area contributed by atoms with Crippen LogP contribution in [-0.2, 0) is 4.79 Å². The molecule has 1 heterocycles. The number of carbonyl (C=O) groups excluding carboxylic acids is 1. The van der Waals surface area contributed by atoms with Crippen molar-refractivity contribution in [2.45, 2.75) is 13.8 Å². The predicted molar refractivity (Wildman–Crippen MR) is 99.1 cm³/mol. The van der Waals surface area contributed by atoms with E-state index in [1.54, 1.807) is 44.4 Å². The molecule has 26 heavy (non-hydrogen) atoms. The quantitative estimate of drug-likeness (QED) is 0.762. The van der Waals surface area contributed by atoms with Crippen molar-refractivity contribution in [3.8, 4) is 11.5 Å². The lowest BCUT2D eigenvalue weighted by Gasteiger charge is -2.12. The van der Waals surface area contributed by atoms with Gasteiger partial charge in [0.05, 0.1) is 25.0 Å². The Morgan fingerprint density at radius 1 is 1.19 bits per heavy atom. The number of para-hydroxylation sites is 1. The summed E-state index contributed by atoms with van der Waals surface area (Å²) in [4.78, 5) is 12.7. The topological polar surface area (TPSA) is 51.1 Å². The lowest BCUT2D eigenvalue weighted by atomic mass is 10.1. The first kappa shape index (κ1) is 17.7. The lowest BCUT2D eigenvalue weighted by molar-refractivity contribution is -0.114. The summed E-state index contributed by atoms with van der Waals surface area (Å²) < 4.78 is 24.8. The van der Waals surface area contributed by atoms with Crippen LogP contribution in [0.1, 0.15) is 19.4 Å². The number of ether oxygens (including phenoxy) is 2. The molecule has 0 saturated carbocycles. The van der Waals surface area contributed by atoms with Crippen molar-refractivity contribution in [2.24, 2.45) is 5.10 Å². The Hall–Kier alpha value is -3.15. The Morgan fingerprint density at radius 3 is 2.65 bits per heavy atom. The van der Waals surface area contributed by atoms with E-state index in [9.17, 15) is 9.18 Å². The van der Waals surface area contributed by atoms with Gasteiger partial charge in [-0.1, -0.05) is 18.2 Å². The van der Waals surface area contributed by atoms with Gasteiger partial charge in [0.15, 0.2) is 11.5 Å². The second kappa shape index (κ2) is 7.39. The van der Waals surface area contributed by atoms with E-state index in [1.165, 1.54) is 12.1 Å². The summed E-state index contributed by atoms with van der Waals surface area (Å²) in [6, 6.07) is 11.4. The largest absolute Gasteiger partial charge is 0.493 e. The molecular weight excluding hydrogens is 335 g/mol. The molecule has 0 saturated heterocycles. The van der Waals surface area contributed by atoms with Gasteiger partial charge in [-0.2, -0.15) is 10.1 Å². The van der Waals surface area contributed by atoms with Crippen LogP contribution in [0.2, 0.25) is 0 Å². The van der Waals surface area contributed by atoms with E-state index in [1.807, 2.05) is 13.0 Å². The number of hydrazone groups is 1. The Labute approximate surface area is 151 Å². The standard InChI is InChI=1S/C20H19FN2O3/c1-4-26-18-10-9-14(12-19(18)25-3)11-15-13(2)22-23(20(15)24)17-8-6-5-7-16(17)21/h5-12H,4H2,1-3H3/b15-11-. The Bertz CT molecular complexity index is 906. The zero-order chi connectivity index (χ0) is 18.7. The van der Waals surface area contributed by atoms with Crippen molar-refractivity contribution in [1.82, 2.24) is 0 Å². The SMILES string of the molecule is CCOc1ccc(/C=C2\C(=O)N(c3ccccc3F)N=C2C)cc1OC. The Kier molecular flexibility index (Phi) is 5.02. The highest BCUT2D eigenvalue weighted by molar-refractivity contribution is 6.32. The molecule has 0 radical (unpaired) electrons. The molecule has 2 aromatic carbocycles. The van der Waals surface area contributed by atoms with Gasteiger partial charge in [0.2, 0.25) is 0 Å². The Balaban J connectivity index is 1.94. The van der Waals surface area contributed by atoms with Crippen molar-refractivity contribution in [2.75, 3.05) is 18.7 Å². The first-order valence-electron chi connectivity index (χ1n) is 8.22. The summed E-state index contributed by atoms with van der Waals surface area (Å²) in [5, 5.41) is 5.29. The number of anilines is 1. The number of nitrogens with zero attached hydrogens (tertiary/aromatic N) is 2. The highest BCUT2D eigenvalue weighted by Crippen LogP contribution is 2.31. The number of carbonyl (C=O) groups is 1. The summed E-state index contributed by atoms with van der Waals surface area (Å²) in [6.45, 7) is 4.14. The number of benzene rings is 2. The molecule has 1 aliphatic heterocycles. The number of methoxy groups -OCH3 is 1. The van der Waals surface area contributed by atoms with Gasteiger partial charge >= 0.3 is 0 Å². The minimum atomic E-state index is -0.499. The maximum absolute atomic E-state index is 14.0. The van der Waals surface area contributed by atoms with Crippen molar-refractivity contribution >= 4 is 23.4 Å². The summed E-state index contributed by atoms with van der Waals surface area (Å²) in [5.74, 6) is 0.335. The molecule has 1 aliphatic rings. The van der Waals surface area contributed by atoms with Crippen LogP contribution in [0.5, 0.6) is 11.5 Å². The van der Waals surface area contributed by atoms with Gasteiger partial charge < -0.3 is 9.47 Å². The molecule has 0 bridgehead atoms. The molecule has 5 nitrogen and oxygen atoms in total. The number of rotatable bonds is 5. The first-order valence-corrected chi connectivity index (χ1v) is 8.22. The molecule has 2 aromatic rings. The van der Waals surface area contributed by atoms with Crippen molar-refractivity contribution in [1.29, 1.82) is 0 Å². The molecular formula is C20H19FN2O3. The summed E-state index contributed by atoms with van der Waals surface area (Å²) in [7, 11) is 1.56. The molecule has 0 atom stereocenters. The van der Waals surface area contributed by atoms with Crippen LogP contribution in [0.4, 0.5) is 10.1 Å². The maximum atomic E-state index is 14.0. The molecule has 0 N–H and O–H groups in total. The second-order valence-corrected chi connectivity index (χ2v) is 5.66. The van der Waals surface area contributed by atoms with E-state index in [2.05, 4.69) is 5.10 Å². The van der Waals surface area contributed by atoms with Gasteiger partial charge in [-0.15, -0.1) is 0 Å². The zero-order valence-electron chi connectivity index (χ0n) is 14.8. The van der Waals surface area contributed by atoms with Crippen molar-refractivity contribution < 1.29 is 18.7 Å². The fourth-order valence-electron chi connectivity index (χ4n) is 2.69. The third-order valence-electron chi connectivity index (χ3n) is 3.94. The van der Waals surface area contributed by atoms with Gasteiger partial charge in [-0.05, 0) is 49.8 Å². The summed E-state index contributed by atoms with van der Waals surface area (Å²) >= 11 is 0. The van der Waals surface area contributed by atoms with Gasteiger partial charge in [0.1, 0.15) is 11.5 Å². The molecule has 6 heteroatoms. The molecule has 0 unspecified atom stereocenters. The van der Waals surface area contributed by atoms with E-state index >= 15 is 0 Å². The smallest absolute Gasteiger partial charge is 0.280 e. The van der Waals surface area contributed by atoms with Crippen molar-refractivity contribution in [3.63, 3.8) is 0 Å². The zero-order valence-corrected chi connectivity index (χ0v) is 14.8. The van der Waals surface area contributed by atoms with Gasteiger partial charge in [0, 0.05) is 0 Å². The third-order valence-corrected chi connectivity index (χ3v) is 3.94. The van der Waals surface area contributed by atoms with Crippen LogP contribution < -0.4 is 14.5 Å². The molecule has 0 fully saturated rings. The van der Waals surface area contributed by atoms with Crippen LogP contribution in [0, 0.1) is 5.82 Å². The van der Waals surface area contributed by atoms with Crippen LogP contribution in [0.25, 0.3) is 6.08 Å². The van der Waals surface area contributed by atoms with Gasteiger partial charge in [0.25, 0.3) is 5.91 Å². The fourth-order valence-corrected chi connectivity index (χ4v) is 2.69. The average molecular weight is 354 g/mol. The van der Waals surface area contributed by atoms with E-state index in [-0.39, 0.29) is 11.6 Å². The number of hydrogen-bond acceptors (Lipinski definition) is 4.